The molecule has 0 atom stereocenters. The number of halogens is 1. The Bertz CT molecular complexity index is 684. The van der Waals surface area contributed by atoms with Gasteiger partial charge < -0.3 is 19.5 Å². The first-order valence-electron chi connectivity index (χ1n) is 9.85. The summed E-state index contributed by atoms with van der Waals surface area (Å²) in [6.45, 7) is 4.12. The van der Waals surface area contributed by atoms with Crippen LogP contribution in [0.1, 0.15) is 25.0 Å². The monoisotopic (exact) mass is 497 g/mol. The first-order chi connectivity index (χ1) is 13.3. The van der Waals surface area contributed by atoms with Crippen molar-refractivity contribution in [1.82, 2.24) is 15.2 Å². The Morgan fingerprint density at radius 2 is 2.04 bits per heavy atom. The van der Waals surface area contributed by atoms with E-state index in [9.17, 15) is 0 Å². The molecule has 154 valence electrons. The molecule has 6 nitrogen and oxygen atoms in total. The fourth-order valence-electron chi connectivity index (χ4n) is 3.65. The van der Waals surface area contributed by atoms with Gasteiger partial charge in [0.2, 0.25) is 0 Å². The van der Waals surface area contributed by atoms with Crippen molar-refractivity contribution < 1.29 is 4.42 Å². The summed E-state index contributed by atoms with van der Waals surface area (Å²) < 4.78 is 5.38. The molecule has 2 aromatic rings. The van der Waals surface area contributed by atoms with Gasteiger partial charge >= 0.3 is 0 Å². The molecule has 0 spiro atoms. The summed E-state index contributed by atoms with van der Waals surface area (Å²) in [5.41, 5.74) is 1.29. The van der Waals surface area contributed by atoms with Crippen LogP contribution in [0.25, 0.3) is 0 Å². The molecule has 3 heterocycles. The minimum atomic E-state index is 0. The van der Waals surface area contributed by atoms with Crippen molar-refractivity contribution in [2.24, 2.45) is 10.9 Å². The van der Waals surface area contributed by atoms with Crippen molar-refractivity contribution in [3.05, 3.63) is 48.7 Å². The van der Waals surface area contributed by atoms with E-state index in [2.05, 4.69) is 44.3 Å². The standard InChI is InChI=1S/C21H31N5O.HI/c1-22-21(24-13-7-20-4-3-17-27-20)25(2)14-8-18-9-15-26(16-10-18)19-5-11-23-12-6-19;/h3-6,11-12,17-18H,7-10,13-16H2,1-2H3,(H,22,24);1H. The van der Waals surface area contributed by atoms with Gasteiger partial charge in [0.15, 0.2) is 5.96 Å². The molecule has 1 saturated heterocycles. The van der Waals surface area contributed by atoms with E-state index in [0.717, 1.165) is 50.2 Å². The lowest BCUT2D eigenvalue weighted by molar-refractivity contribution is 0.339. The Kier molecular flexibility index (Phi) is 9.60. The van der Waals surface area contributed by atoms with Crippen LogP contribution in [0.15, 0.2) is 52.3 Å². The summed E-state index contributed by atoms with van der Waals surface area (Å²) in [7, 11) is 3.97. The second kappa shape index (κ2) is 11.9. The Hall–Kier alpha value is -1.77. The number of hydrogen-bond donors (Lipinski definition) is 1. The second-order valence-corrected chi connectivity index (χ2v) is 7.15. The largest absolute Gasteiger partial charge is 0.469 e. The minimum absolute atomic E-state index is 0. The molecule has 2 aromatic heterocycles. The molecule has 0 bridgehead atoms. The summed E-state index contributed by atoms with van der Waals surface area (Å²) in [6.07, 6.45) is 10.0. The fourth-order valence-corrected chi connectivity index (χ4v) is 3.65. The quantitative estimate of drug-likeness (QED) is 0.360. The van der Waals surface area contributed by atoms with Crippen molar-refractivity contribution >= 4 is 35.6 Å². The molecule has 1 aliphatic heterocycles. The number of aliphatic imine (C=N–C) groups is 1. The molecule has 1 aliphatic rings. The van der Waals surface area contributed by atoms with Crippen LogP contribution in [0.4, 0.5) is 5.69 Å². The van der Waals surface area contributed by atoms with Crippen LogP contribution in [0.3, 0.4) is 0 Å². The number of aromatic nitrogens is 1. The van der Waals surface area contributed by atoms with Crippen molar-refractivity contribution in [3.8, 4) is 0 Å². The van der Waals surface area contributed by atoms with Crippen LogP contribution >= 0.6 is 24.0 Å². The van der Waals surface area contributed by atoms with E-state index in [1.54, 1.807) is 6.26 Å². The highest BCUT2D eigenvalue weighted by Crippen LogP contribution is 2.24. The molecule has 28 heavy (non-hydrogen) atoms. The van der Waals surface area contributed by atoms with Crippen LogP contribution < -0.4 is 10.2 Å². The Morgan fingerprint density at radius 1 is 1.29 bits per heavy atom. The average molecular weight is 497 g/mol. The first kappa shape index (κ1) is 22.5. The summed E-state index contributed by atoms with van der Waals surface area (Å²) in [6, 6.07) is 8.14. The zero-order valence-corrected chi connectivity index (χ0v) is 19.2. The molecular formula is C21H32IN5O. The minimum Gasteiger partial charge on any atom is -0.469 e. The van der Waals surface area contributed by atoms with E-state index in [0.29, 0.717) is 0 Å². The third kappa shape index (κ3) is 6.68. The lowest BCUT2D eigenvalue weighted by atomic mass is 9.93. The number of hydrogen-bond acceptors (Lipinski definition) is 4. The lowest BCUT2D eigenvalue weighted by Crippen LogP contribution is -2.41. The van der Waals surface area contributed by atoms with E-state index in [-0.39, 0.29) is 24.0 Å². The van der Waals surface area contributed by atoms with Gasteiger partial charge in [0.25, 0.3) is 0 Å². The third-order valence-corrected chi connectivity index (χ3v) is 5.32. The predicted octanol–water partition coefficient (Wildman–Crippen LogP) is 3.65. The molecule has 0 amide bonds. The number of rotatable bonds is 7. The van der Waals surface area contributed by atoms with Crippen molar-refractivity contribution in [2.75, 3.05) is 45.2 Å². The molecule has 0 unspecified atom stereocenters. The van der Waals surface area contributed by atoms with Crippen LogP contribution in [0, 0.1) is 5.92 Å². The third-order valence-electron chi connectivity index (χ3n) is 5.32. The van der Waals surface area contributed by atoms with E-state index >= 15 is 0 Å². The smallest absolute Gasteiger partial charge is 0.193 e. The highest BCUT2D eigenvalue weighted by atomic mass is 127. The van der Waals surface area contributed by atoms with Gasteiger partial charge in [-0.05, 0) is 49.4 Å². The normalized spacial score (nSPS) is 15.2. The number of nitrogens with one attached hydrogen (secondary N) is 1. The molecule has 3 rings (SSSR count). The van der Waals surface area contributed by atoms with Gasteiger partial charge in [0.05, 0.1) is 6.26 Å². The Morgan fingerprint density at radius 3 is 2.68 bits per heavy atom. The zero-order valence-electron chi connectivity index (χ0n) is 16.9. The summed E-state index contributed by atoms with van der Waals surface area (Å²) in [4.78, 5) is 13.2. The SMILES string of the molecule is CN=C(NCCc1ccco1)N(C)CCC1CCN(c2ccncc2)CC1.I. The van der Waals surface area contributed by atoms with Gasteiger partial charge in [-0.25, -0.2) is 0 Å². The zero-order chi connectivity index (χ0) is 18.9. The first-order valence-corrected chi connectivity index (χ1v) is 9.85. The van der Waals surface area contributed by atoms with E-state index in [1.807, 2.05) is 31.6 Å². The number of nitrogens with zero attached hydrogens (tertiary/aromatic N) is 4. The number of pyridine rings is 1. The highest BCUT2D eigenvalue weighted by molar-refractivity contribution is 14.0. The Labute approximate surface area is 185 Å². The van der Waals surface area contributed by atoms with E-state index in [4.69, 9.17) is 4.42 Å². The molecule has 1 N–H and O–H groups in total. The highest BCUT2D eigenvalue weighted by Gasteiger charge is 2.20. The van der Waals surface area contributed by atoms with Crippen LogP contribution in [-0.2, 0) is 6.42 Å². The van der Waals surface area contributed by atoms with Crippen LogP contribution in [-0.4, -0.2) is 56.1 Å². The summed E-state index contributed by atoms with van der Waals surface area (Å²) in [5.74, 6) is 2.74. The van der Waals surface area contributed by atoms with Crippen molar-refractivity contribution in [3.63, 3.8) is 0 Å². The number of furan rings is 1. The van der Waals surface area contributed by atoms with Gasteiger partial charge in [0.1, 0.15) is 5.76 Å². The number of piperidine rings is 1. The maximum absolute atomic E-state index is 5.38. The average Bonchev–Trinajstić information content (AvgIpc) is 3.24. The number of anilines is 1. The van der Waals surface area contributed by atoms with Crippen molar-refractivity contribution in [1.29, 1.82) is 0 Å². The lowest BCUT2D eigenvalue weighted by Gasteiger charge is -2.34. The van der Waals surface area contributed by atoms with E-state index in [1.165, 1.54) is 24.9 Å². The summed E-state index contributed by atoms with van der Waals surface area (Å²) >= 11 is 0. The van der Waals surface area contributed by atoms with Gasteiger partial charge in [-0.15, -0.1) is 24.0 Å². The van der Waals surface area contributed by atoms with Gasteiger partial charge in [-0.1, -0.05) is 0 Å². The van der Waals surface area contributed by atoms with Gasteiger partial charge in [-0.3, -0.25) is 9.98 Å². The molecule has 1 fully saturated rings. The van der Waals surface area contributed by atoms with Crippen LogP contribution in [0.5, 0.6) is 0 Å². The second-order valence-electron chi connectivity index (χ2n) is 7.15. The molecule has 0 saturated carbocycles. The van der Waals surface area contributed by atoms with Gasteiger partial charge in [0, 0.05) is 64.8 Å². The van der Waals surface area contributed by atoms with Crippen molar-refractivity contribution in [2.45, 2.75) is 25.7 Å². The molecule has 0 aliphatic carbocycles. The fraction of sp³-hybridized carbons (Fsp3) is 0.524. The maximum atomic E-state index is 5.38. The topological polar surface area (TPSA) is 56.9 Å². The molecule has 0 aromatic carbocycles. The van der Waals surface area contributed by atoms with Crippen LogP contribution in [0.2, 0.25) is 0 Å². The Balaban J connectivity index is 0.00000280. The number of guanidine groups is 1. The van der Waals surface area contributed by atoms with Gasteiger partial charge in [-0.2, -0.15) is 0 Å². The van der Waals surface area contributed by atoms with E-state index < -0.39 is 0 Å². The maximum Gasteiger partial charge on any atom is 0.193 e. The molecule has 0 radical (unpaired) electrons. The molecular weight excluding hydrogens is 465 g/mol. The summed E-state index contributed by atoms with van der Waals surface area (Å²) in [5, 5.41) is 3.43. The predicted molar refractivity (Wildman–Crippen MR) is 126 cm³/mol. The molecule has 7 heteroatoms.